The van der Waals surface area contributed by atoms with E-state index >= 15 is 0 Å². The van der Waals surface area contributed by atoms with Gasteiger partial charge in [-0.2, -0.15) is 0 Å². The molecule has 3 nitrogen and oxygen atoms in total. The molecular weight excluding hydrogens is 226 g/mol. The highest BCUT2D eigenvalue weighted by molar-refractivity contribution is 5.81. The number of nitrogens with one attached hydrogen (secondary N) is 1. The van der Waals surface area contributed by atoms with Crippen molar-refractivity contribution in [3.63, 3.8) is 0 Å². The van der Waals surface area contributed by atoms with Crippen molar-refractivity contribution in [3.05, 3.63) is 29.3 Å². The first-order chi connectivity index (χ1) is 8.66. The Labute approximate surface area is 107 Å². The van der Waals surface area contributed by atoms with Crippen molar-refractivity contribution in [3.8, 4) is 0 Å². The number of anilines is 1. The number of hydrogen-bond acceptors (Lipinski definition) is 2. The van der Waals surface area contributed by atoms with E-state index in [1.807, 2.05) is 25.1 Å². The summed E-state index contributed by atoms with van der Waals surface area (Å²) in [6, 6.07) is 6.46. The molecular formula is C15H19NO2. The molecule has 1 aromatic rings. The number of aryl methyl sites for hydroxylation is 1. The van der Waals surface area contributed by atoms with Gasteiger partial charge in [0, 0.05) is 11.7 Å². The monoisotopic (exact) mass is 245 g/mol. The van der Waals surface area contributed by atoms with Crippen LogP contribution in [0, 0.1) is 12.8 Å². The van der Waals surface area contributed by atoms with Crippen LogP contribution in [0.1, 0.15) is 42.7 Å². The fraction of sp³-hybridized carbons (Fsp3) is 0.533. The Balaban J connectivity index is 2.07. The smallest absolute Gasteiger partial charge is 0.311 e. The molecule has 0 amide bonds. The van der Waals surface area contributed by atoms with Gasteiger partial charge in [0.05, 0.1) is 5.92 Å². The summed E-state index contributed by atoms with van der Waals surface area (Å²) in [4.78, 5) is 11.7. The third kappa shape index (κ3) is 1.78. The summed E-state index contributed by atoms with van der Waals surface area (Å²) in [5, 5.41) is 13.1. The van der Waals surface area contributed by atoms with Gasteiger partial charge >= 0.3 is 5.97 Å². The summed E-state index contributed by atoms with van der Waals surface area (Å²) in [6.45, 7) is 2.02. The van der Waals surface area contributed by atoms with Crippen LogP contribution in [-0.4, -0.2) is 17.1 Å². The van der Waals surface area contributed by atoms with Gasteiger partial charge in [0.1, 0.15) is 0 Å². The minimum absolute atomic E-state index is 0.255. The maximum Gasteiger partial charge on any atom is 0.311 e. The summed E-state index contributed by atoms with van der Waals surface area (Å²) in [5.74, 6) is -0.739. The van der Waals surface area contributed by atoms with Gasteiger partial charge in [-0.1, -0.05) is 30.5 Å². The summed E-state index contributed by atoms with van der Waals surface area (Å²) >= 11 is 0. The molecule has 1 heterocycles. The summed E-state index contributed by atoms with van der Waals surface area (Å²) in [5.41, 5.74) is 3.14. The van der Waals surface area contributed by atoms with Gasteiger partial charge in [0.25, 0.3) is 0 Å². The first-order valence-corrected chi connectivity index (χ1v) is 6.76. The van der Waals surface area contributed by atoms with Crippen molar-refractivity contribution < 1.29 is 9.90 Å². The third-order valence-corrected chi connectivity index (χ3v) is 4.40. The molecule has 18 heavy (non-hydrogen) atoms. The van der Waals surface area contributed by atoms with Gasteiger partial charge in [-0.3, -0.25) is 4.79 Å². The SMILES string of the molecule is Cc1ccc2c(c1)C(C(=O)O)C1CCCCC1N2. The molecule has 0 spiro atoms. The molecule has 3 unspecified atom stereocenters. The fourth-order valence-corrected chi connectivity index (χ4v) is 3.56. The number of carboxylic acid groups (broad SMARTS) is 1. The molecule has 3 rings (SSSR count). The number of fused-ring (bicyclic) bond motifs is 2. The Kier molecular flexibility index (Phi) is 2.77. The van der Waals surface area contributed by atoms with E-state index in [4.69, 9.17) is 0 Å². The molecule has 1 aliphatic carbocycles. The van der Waals surface area contributed by atoms with E-state index < -0.39 is 5.97 Å². The van der Waals surface area contributed by atoms with Crippen molar-refractivity contribution >= 4 is 11.7 Å². The minimum Gasteiger partial charge on any atom is -0.481 e. The summed E-state index contributed by atoms with van der Waals surface area (Å²) < 4.78 is 0. The molecule has 0 bridgehead atoms. The van der Waals surface area contributed by atoms with Crippen molar-refractivity contribution in [1.29, 1.82) is 0 Å². The lowest BCUT2D eigenvalue weighted by atomic mass is 9.70. The molecule has 2 N–H and O–H groups in total. The largest absolute Gasteiger partial charge is 0.481 e. The normalized spacial score (nSPS) is 29.9. The second-order valence-corrected chi connectivity index (χ2v) is 5.61. The van der Waals surface area contributed by atoms with Crippen LogP contribution in [0.3, 0.4) is 0 Å². The second-order valence-electron chi connectivity index (χ2n) is 5.61. The van der Waals surface area contributed by atoms with Gasteiger partial charge in [-0.15, -0.1) is 0 Å². The maximum absolute atomic E-state index is 11.7. The van der Waals surface area contributed by atoms with Gasteiger partial charge in [-0.25, -0.2) is 0 Å². The Bertz CT molecular complexity index is 483. The number of carboxylic acids is 1. The molecule has 1 saturated carbocycles. The van der Waals surface area contributed by atoms with Crippen molar-refractivity contribution in [2.24, 2.45) is 5.92 Å². The zero-order valence-corrected chi connectivity index (χ0v) is 10.6. The number of benzene rings is 1. The van der Waals surface area contributed by atoms with Crippen LogP contribution in [0.5, 0.6) is 0 Å². The van der Waals surface area contributed by atoms with Crippen LogP contribution in [-0.2, 0) is 4.79 Å². The first-order valence-electron chi connectivity index (χ1n) is 6.76. The molecule has 0 radical (unpaired) electrons. The number of hydrogen-bond donors (Lipinski definition) is 2. The molecule has 3 atom stereocenters. The Morgan fingerprint density at radius 1 is 1.33 bits per heavy atom. The quantitative estimate of drug-likeness (QED) is 0.799. The molecule has 96 valence electrons. The summed E-state index contributed by atoms with van der Waals surface area (Å²) in [7, 11) is 0. The van der Waals surface area contributed by atoms with Gasteiger partial charge in [-0.05, 0) is 37.3 Å². The predicted molar refractivity (Wildman–Crippen MR) is 70.9 cm³/mol. The maximum atomic E-state index is 11.7. The van der Waals surface area contributed by atoms with E-state index in [-0.39, 0.29) is 11.8 Å². The molecule has 0 saturated heterocycles. The Morgan fingerprint density at radius 2 is 2.11 bits per heavy atom. The van der Waals surface area contributed by atoms with E-state index in [1.54, 1.807) is 0 Å². The molecule has 1 fully saturated rings. The average molecular weight is 245 g/mol. The fourth-order valence-electron chi connectivity index (χ4n) is 3.56. The number of rotatable bonds is 1. The zero-order chi connectivity index (χ0) is 12.7. The topological polar surface area (TPSA) is 49.3 Å². The zero-order valence-electron chi connectivity index (χ0n) is 10.6. The third-order valence-electron chi connectivity index (χ3n) is 4.40. The lowest BCUT2D eigenvalue weighted by Crippen LogP contribution is -2.42. The van der Waals surface area contributed by atoms with Crippen LogP contribution in [0.4, 0.5) is 5.69 Å². The molecule has 3 heteroatoms. The highest BCUT2D eigenvalue weighted by Gasteiger charge is 2.41. The highest BCUT2D eigenvalue weighted by Crippen LogP contribution is 2.44. The standard InChI is InChI=1S/C15H19NO2/c1-9-6-7-13-11(8-9)14(15(17)18)10-4-2-3-5-12(10)16-13/h6-8,10,12,14,16H,2-5H2,1H3,(H,17,18). The lowest BCUT2D eigenvalue weighted by molar-refractivity contribution is -0.140. The van der Waals surface area contributed by atoms with E-state index in [1.165, 1.54) is 6.42 Å². The average Bonchev–Trinajstić information content (AvgIpc) is 2.35. The van der Waals surface area contributed by atoms with Crippen LogP contribution in [0.2, 0.25) is 0 Å². The van der Waals surface area contributed by atoms with Gasteiger partial charge < -0.3 is 10.4 Å². The van der Waals surface area contributed by atoms with Crippen molar-refractivity contribution in [2.75, 3.05) is 5.32 Å². The molecule has 2 aliphatic rings. The highest BCUT2D eigenvalue weighted by atomic mass is 16.4. The van der Waals surface area contributed by atoms with Crippen LogP contribution in [0.25, 0.3) is 0 Å². The van der Waals surface area contributed by atoms with Crippen LogP contribution in [0.15, 0.2) is 18.2 Å². The van der Waals surface area contributed by atoms with Crippen molar-refractivity contribution in [2.45, 2.75) is 44.6 Å². The number of carbonyl (C=O) groups is 1. The Morgan fingerprint density at radius 3 is 2.89 bits per heavy atom. The first kappa shape index (κ1) is 11.6. The van der Waals surface area contributed by atoms with Crippen LogP contribution < -0.4 is 5.32 Å². The second kappa shape index (κ2) is 4.30. The van der Waals surface area contributed by atoms with E-state index in [0.717, 1.165) is 36.1 Å². The summed E-state index contributed by atoms with van der Waals surface area (Å²) in [6.07, 6.45) is 4.50. The van der Waals surface area contributed by atoms with E-state index in [0.29, 0.717) is 6.04 Å². The molecule has 1 aromatic carbocycles. The predicted octanol–water partition coefficient (Wildman–Crippen LogP) is 3.15. The molecule has 1 aliphatic heterocycles. The van der Waals surface area contributed by atoms with Crippen LogP contribution >= 0.6 is 0 Å². The Hall–Kier alpha value is -1.51. The molecule has 0 aromatic heterocycles. The minimum atomic E-state index is -0.666. The van der Waals surface area contributed by atoms with Gasteiger partial charge in [0.15, 0.2) is 0 Å². The lowest BCUT2D eigenvalue weighted by Gasteiger charge is -2.41. The van der Waals surface area contributed by atoms with Gasteiger partial charge in [0.2, 0.25) is 0 Å². The van der Waals surface area contributed by atoms with Crippen molar-refractivity contribution in [1.82, 2.24) is 0 Å². The number of aliphatic carboxylic acids is 1. The van der Waals surface area contributed by atoms with E-state index in [9.17, 15) is 9.90 Å². The van der Waals surface area contributed by atoms with E-state index in [2.05, 4.69) is 5.32 Å².